The molecule has 0 amide bonds. The van der Waals surface area contributed by atoms with Gasteiger partial charge in [0.05, 0.1) is 0 Å². The van der Waals surface area contributed by atoms with Crippen molar-refractivity contribution in [2.45, 2.75) is 33.8 Å². The maximum atomic E-state index is 8.06. The van der Waals surface area contributed by atoms with Gasteiger partial charge in [-0.2, -0.15) is 0 Å². The molecule has 0 spiro atoms. The molecule has 0 atom stereocenters. The van der Waals surface area contributed by atoms with Crippen LogP contribution >= 0.6 is 0 Å². The van der Waals surface area contributed by atoms with Crippen LogP contribution < -0.4 is 0 Å². The Morgan fingerprint density at radius 3 is 1.44 bits per heavy atom. The van der Waals surface area contributed by atoms with Crippen LogP contribution in [0.3, 0.4) is 0 Å². The molecular weight excluding hydrogens is 116 g/mol. The summed E-state index contributed by atoms with van der Waals surface area (Å²) in [5.74, 6) is 0. The Morgan fingerprint density at radius 1 is 1.22 bits per heavy atom. The molecule has 0 aromatic rings. The smallest absolute Gasteiger partial charge is 0.0483 e. The van der Waals surface area contributed by atoms with Crippen LogP contribution in [0.25, 0.3) is 0 Å². The van der Waals surface area contributed by atoms with Gasteiger partial charge in [0.2, 0.25) is 0 Å². The second-order valence-corrected chi connectivity index (χ2v) is 1.88. The van der Waals surface area contributed by atoms with Crippen LogP contribution in [0.2, 0.25) is 0 Å². The normalized spacial score (nSPS) is 8.67. The second-order valence-electron chi connectivity index (χ2n) is 1.88. The molecule has 0 aliphatic heterocycles. The van der Waals surface area contributed by atoms with Crippen LogP contribution in [-0.2, 0) is 4.74 Å². The van der Waals surface area contributed by atoms with Crippen LogP contribution in [0.4, 0.5) is 0 Å². The maximum absolute atomic E-state index is 8.06. The van der Waals surface area contributed by atoms with Gasteiger partial charge in [-0.3, -0.25) is 0 Å². The van der Waals surface area contributed by atoms with Gasteiger partial charge < -0.3 is 9.84 Å². The molecule has 2 nitrogen and oxygen atoms in total. The average molecular weight is 134 g/mol. The summed E-state index contributed by atoms with van der Waals surface area (Å²) < 4.78 is 4.83. The molecule has 58 valence electrons. The Balaban J connectivity index is 0. The Kier molecular flexibility index (Phi) is 14.0. The number of ether oxygens (including phenoxy) is 1. The lowest BCUT2D eigenvalue weighted by Gasteiger charge is -1.86. The van der Waals surface area contributed by atoms with E-state index in [1.165, 1.54) is 0 Å². The van der Waals surface area contributed by atoms with Crippen molar-refractivity contribution in [2.75, 3.05) is 13.2 Å². The molecule has 0 saturated heterocycles. The first-order valence-electron chi connectivity index (χ1n) is 3.40. The molecule has 0 rings (SSSR count). The lowest BCUT2D eigenvalue weighted by molar-refractivity contribution is 0.162. The largest absolute Gasteiger partial charge is 0.394 e. The van der Waals surface area contributed by atoms with E-state index in [1.807, 2.05) is 13.8 Å². The van der Waals surface area contributed by atoms with Crippen molar-refractivity contribution in [3.05, 3.63) is 0 Å². The van der Waals surface area contributed by atoms with Crippen LogP contribution in [-0.4, -0.2) is 24.4 Å². The Labute approximate surface area is 57.8 Å². The quantitative estimate of drug-likeness (QED) is 0.619. The fraction of sp³-hybridized carbons (Fsp3) is 1.00. The van der Waals surface area contributed by atoms with Gasteiger partial charge in [0.15, 0.2) is 0 Å². The summed E-state index contributed by atoms with van der Waals surface area (Å²) in [7, 11) is 0. The minimum absolute atomic E-state index is 0.167. The monoisotopic (exact) mass is 134 g/mol. The predicted octanol–water partition coefficient (Wildman–Crippen LogP) is 1.43. The van der Waals surface area contributed by atoms with Crippen LogP contribution in [0, 0.1) is 0 Å². The van der Waals surface area contributed by atoms with Crippen molar-refractivity contribution < 1.29 is 9.84 Å². The maximum Gasteiger partial charge on any atom is 0.0483 e. The SMILES string of the molecule is CC(C)O.CCOCC. The molecule has 0 saturated carbocycles. The van der Waals surface area contributed by atoms with Gasteiger partial charge >= 0.3 is 0 Å². The lowest BCUT2D eigenvalue weighted by Crippen LogP contribution is -1.85. The average Bonchev–Trinajstić information content (AvgIpc) is 1.66. The van der Waals surface area contributed by atoms with Gasteiger partial charge in [0.25, 0.3) is 0 Å². The molecule has 0 aliphatic carbocycles. The number of aliphatic hydroxyl groups excluding tert-OH is 1. The van der Waals surface area contributed by atoms with E-state index in [0.717, 1.165) is 13.2 Å². The molecule has 0 bridgehead atoms. The van der Waals surface area contributed by atoms with E-state index in [9.17, 15) is 0 Å². The van der Waals surface area contributed by atoms with E-state index in [-0.39, 0.29) is 6.10 Å². The highest BCUT2D eigenvalue weighted by Crippen LogP contribution is 1.65. The molecule has 0 aromatic carbocycles. The first-order chi connectivity index (χ1) is 4.15. The number of hydrogen-bond donors (Lipinski definition) is 1. The zero-order chi connectivity index (χ0) is 7.70. The third kappa shape index (κ3) is 75.3. The molecule has 0 aromatic heterocycles. The van der Waals surface area contributed by atoms with Gasteiger partial charge in [0, 0.05) is 19.3 Å². The number of aliphatic hydroxyl groups is 1. The summed E-state index contributed by atoms with van der Waals surface area (Å²) >= 11 is 0. The summed E-state index contributed by atoms with van der Waals surface area (Å²) in [6, 6.07) is 0. The van der Waals surface area contributed by atoms with Crippen LogP contribution in [0.15, 0.2) is 0 Å². The topological polar surface area (TPSA) is 29.5 Å². The fourth-order valence-corrected chi connectivity index (χ4v) is 0.204. The molecule has 0 heterocycles. The van der Waals surface area contributed by atoms with Crippen molar-refractivity contribution in [1.82, 2.24) is 0 Å². The number of rotatable bonds is 2. The second kappa shape index (κ2) is 10.8. The Hall–Kier alpha value is -0.0800. The highest BCUT2D eigenvalue weighted by Gasteiger charge is 1.69. The number of hydrogen-bond acceptors (Lipinski definition) is 2. The van der Waals surface area contributed by atoms with Crippen molar-refractivity contribution in [2.24, 2.45) is 0 Å². The van der Waals surface area contributed by atoms with E-state index in [4.69, 9.17) is 9.84 Å². The minimum Gasteiger partial charge on any atom is -0.394 e. The van der Waals surface area contributed by atoms with Crippen molar-refractivity contribution in [3.63, 3.8) is 0 Å². The van der Waals surface area contributed by atoms with E-state index >= 15 is 0 Å². The van der Waals surface area contributed by atoms with Crippen molar-refractivity contribution in [1.29, 1.82) is 0 Å². The van der Waals surface area contributed by atoms with Gasteiger partial charge in [-0.25, -0.2) is 0 Å². The third-order valence-corrected chi connectivity index (χ3v) is 0.408. The van der Waals surface area contributed by atoms with Gasteiger partial charge in [-0.05, 0) is 27.7 Å². The molecule has 0 unspecified atom stereocenters. The van der Waals surface area contributed by atoms with Gasteiger partial charge in [0.1, 0.15) is 0 Å². The molecule has 2 heteroatoms. The van der Waals surface area contributed by atoms with Gasteiger partial charge in [-0.15, -0.1) is 0 Å². The predicted molar refractivity (Wildman–Crippen MR) is 39.5 cm³/mol. The highest BCUT2D eigenvalue weighted by atomic mass is 16.5. The summed E-state index contributed by atoms with van der Waals surface area (Å²) in [4.78, 5) is 0. The zero-order valence-corrected chi connectivity index (χ0v) is 6.85. The van der Waals surface area contributed by atoms with E-state index < -0.39 is 0 Å². The Bertz CT molecular complexity index is 31.1. The summed E-state index contributed by atoms with van der Waals surface area (Å²) in [5, 5.41) is 8.06. The summed E-state index contributed by atoms with van der Waals surface area (Å²) in [5.41, 5.74) is 0. The Morgan fingerprint density at radius 2 is 1.44 bits per heavy atom. The first kappa shape index (κ1) is 11.7. The van der Waals surface area contributed by atoms with Gasteiger partial charge in [-0.1, -0.05) is 0 Å². The standard InChI is InChI=1S/C4H10O.C3H8O/c1-3-5-4-2;1-3(2)4/h3-4H2,1-2H3;3-4H,1-2H3. The fourth-order valence-electron chi connectivity index (χ4n) is 0.204. The van der Waals surface area contributed by atoms with Crippen LogP contribution in [0.5, 0.6) is 0 Å². The molecule has 0 fully saturated rings. The van der Waals surface area contributed by atoms with E-state index in [2.05, 4.69) is 0 Å². The summed E-state index contributed by atoms with van der Waals surface area (Å²) in [6.45, 7) is 9.11. The van der Waals surface area contributed by atoms with E-state index in [0.29, 0.717) is 0 Å². The molecular formula is C7H18O2. The molecule has 0 radical (unpaired) electrons. The summed E-state index contributed by atoms with van der Waals surface area (Å²) in [6.07, 6.45) is -0.167. The van der Waals surface area contributed by atoms with Crippen molar-refractivity contribution >= 4 is 0 Å². The lowest BCUT2D eigenvalue weighted by atomic mass is 10.5. The molecule has 1 N–H and O–H groups in total. The van der Waals surface area contributed by atoms with E-state index in [1.54, 1.807) is 13.8 Å². The molecule has 9 heavy (non-hydrogen) atoms. The minimum atomic E-state index is -0.167. The molecule has 0 aliphatic rings. The highest BCUT2D eigenvalue weighted by molar-refractivity contribution is 4.20. The zero-order valence-electron chi connectivity index (χ0n) is 6.85. The first-order valence-corrected chi connectivity index (χ1v) is 3.40. The third-order valence-electron chi connectivity index (χ3n) is 0.408. The van der Waals surface area contributed by atoms with Crippen LogP contribution in [0.1, 0.15) is 27.7 Å². The van der Waals surface area contributed by atoms with Crippen molar-refractivity contribution in [3.8, 4) is 0 Å².